The van der Waals surface area contributed by atoms with Gasteiger partial charge in [-0.2, -0.15) is 0 Å². The van der Waals surface area contributed by atoms with Gasteiger partial charge in [0.2, 0.25) is 11.8 Å². The van der Waals surface area contributed by atoms with Crippen molar-refractivity contribution >= 4 is 66.3 Å². The maximum atomic E-state index is 13.8. The number of nitrogens with one attached hydrogen (secondary N) is 1. The Kier molecular flexibility index (Phi) is 6.55. The normalized spacial score (nSPS) is 27.7. The largest absolute Gasteiger partial charge is 0.349 e. The predicted octanol–water partition coefficient (Wildman–Crippen LogP) is 5.81. The molecular formula is C25H31Cl3N2O3Si. The molecule has 1 aromatic carbocycles. The molecule has 4 rings (SSSR count). The number of amides is 3. The van der Waals surface area contributed by atoms with Gasteiger partial charge in [0.05, 0.1) is 25.6 Å². The summed E-state index contributed by atoms with van der Waals surface area (Å²) in [5.74, 6) is -2.31. The van der Waals surface area contributed by atoms with Crippen molar-refractivity contribution in [2.75, 3.05) is 4.90 Å². The molecule has 184 valence electrons. The first-order valence-electron chi connectivity index (χ1n) is 11.7. The van der Waals surface area contributed by atoms with Gasteiger partial charge in [-0.3, -0.25) is 19.3 Å². The van der Waals surface area contributed by atoms with Crippen LogP contribution in [0.2, 0.25) is 18.1 Å². The second kappa shape index (κ2) is 8.65. The van der Waals surface area contributed by atoms with Crippen LogP contribution >= 0.6 is 34.8 Å². The van der Waals surface area contributed by atoms with Crippen LogP contribution in [0.3, 0.4) is 0 Å². The Hall–Kier alpha value is -1.34. The number of carbonyl (C=O) groups excluding carboxylic acids is 3. The van der Waals surface area contributed by atoms with Gasteiger partial charge in [0.25, 0.3) is 9.70 Å². The van der Waals surface area contributed by atoms with Gasteiger partial charge < -0.3 is 5.32 Å². The first-order valence-corrected chi connectivity index (χ1v) is 15.8. The van der Waals surface area contributed by atoms with E-state index in [1.54, 1.807) is 12.1 Å². The zero-order chi connectivity index (χ0) is 25.2. The number of nitrogens with zero attached hydrogens (tertiary/aromatic N) is 1. The van der Waals surface area contributed by atoms with Crippen molar-refractivity contribution < 1.29 is 14.4 Å². The highest BCUT2D eigenvalue weighted by Crippen LogP contribution is 2.56. The Morgan fingerprint density at radius 2 is 1.65 bits per heavy atom. The zero-order valence-corrected chi connectivity index (χ0v) is 23.4. The molecule has 4 atom stereocenters. The van der Waals surface area contributed by atoms with Gasteiger partial charge >= 0.3 is 0 Å². The maximum Gasteiger partial charge on any atom is 0.272 e. The van der Waals surface area contributed by atoms with Crippen molar-refractivity contribution in [3.63, 3.8) is 0 Å². The van der Waals surface area contributed by atoms with Crippen LogP contribution in [0, 0.1) is 17.8 Å². The van der Waals surface area contributed by atoms with E-state index in [0.29, 0.717) is 18.5 Å². The van der Waals surface area contributed by atoms with Gasteiger partial charge in [0.15, 0.2) is 0 Å². The lowest BCUT2D eigenvalue weighted by Crippen LogP contribution is -2.50. The molecule has 1 heterocycles. The molecule has 0 bridgehead atoms. The highest BCUT2D eigenvalue weighted by Gasteiger charge is 2.60. The predicted molar refractivity (Wildman–Crippen MR) is 140 cm³/mol. The molecule has 1 saturated carbocycles. The number of benzene rings is 1. The highest BCUT2D eigenvalue weighted by atomic mass is 35.6. The molecule has 3 amide bonds. The van der Waals surface area contributed by atoms with Crippen LogP contribution in [-0.2, 0) is 14.4 Å². The van der Waals surface area contributed by atoms with Crippen molar-refractivity contribution in [3.05, 3.63) is 41.1 Å². The SMILES string of the molecule is CC(C)(C)[Si](C)(C)C1=C2CCC(NC(=O)C(Cl)(Cl)Cl)[C@H]2[C@H]2C(=O)N(c3ccccc3)C(=O)[C@H]2C1. The van der Waals surface area contributed by atoms with Gasteiger partial charge in [0, 0.05) is 12.0 Å². The van der Waals surface area contributed by atoms with Crippen molar-refractivity contribution in [3.8, 4) is 0 Å². The molecule has 1 N–H and O–H groups in total. The highest BCUT2D eigenvalue weighted by molar-refractivity contribution is 6.87. The number of rotatable bonds is 3. The van der Waals surface area contributed by atoms with E-state index in [1.165, 1.54) is 15.7 Å². The first kappa shape index (κ1) is 25.7. The molecule has 1 aliphatic heterocycles. The van der Waals surface area contributed by atoms with Gasteiger partial charge in [-0.25, -0.2) is 0 Å². The third kappa shape index (κ3) is 4.14. The summed E-state index contributed by atoms with van der Waals surface area (Å²) in [5, 5.41) is 4.32. The number of hydrogen-bond acceptors (Lipinski definition) is 3. The van der Waals surface area contributed by atoms with Crippen molar-refractivity contribution in [2.24, 2.45) is 17.8 Å². The Balaban J connectivity index is 1.81. The number of hydrogen-bond donors (Lipinski definition) is 1. The fourth-order valence-electron chi connectivity index (χ4n) is 5.79. The molecule has 0 aromatic heterocycles. The number of alkyl halides is 3. The van der Waals surface area contributed by atoms with Gasteiger partial charge in [-0.15, -0.1) is 0 Å². The Morgan fingerprint density at radius 1 is 1.03 bits per heavy atom. The molecule has 1 unspecified atom stereocenters. The number of allylic oxidation sites excluding steroid dienone is 1. The summed E-state index contributed by atoms with van der Waals surface area (Å²) in [6, 6.07) is 8.71. The van der Waals surface area contributed by atoms with Gasteiger partial charge in [-0.1, -0.05) is 97.6 Å². The summed E-state index contributed by atoms with van der Waals surface area (Å²) in [5.41, 5.74) is 1.82. The lowest BCUT2D eigenvalue weighted by Gasteiger charge is -2.45. The number of fused-ring (bicyclic) bond motifs is 3. The second-order valence-corrected chi connectivity index (χ2v) is 18.8. The van der Waals surface area contributed by atoms with Crippen molar-refractivity contribution in [1.82, 2.24) is 5.32 Å². The fourth-order valence-corrected chi connectivity index (χ4v) is 8.68. The van der Waals surface area contributed by atoms with Crippen LogP contribution in [0.15, 0.2) is 41.1 Å². The molecule has 2 aliphatic carbocycles. The summed E-state index contributed by atoms with van der Waals surface area (Å²) in [7, 11) is -2.00. The summed E-state index contributed by atoms with van der Waals surface area (Å²) in [4.78, 5) is 41.4. The van der Waals surface area contributed by atoms with E-state index in [2.05, 4.69) is 39.2 Å². The van der Waals surface area contributed by atoms with Gasteiger partial charge in [-0.05, 0) is 36.4 Å². The van der Waals surface area contributed by atoms with E-state index in [4.69, 9.17) is 34.8 Å². The van der Waals surface area contributed by atoms with Gasteiger partial charge in [0.1, 0.15) is 0 Å². The zero-order valence-electron chi connectivity index (χ0n) is 20.1. The van der Waals surface area contributed by atoms with E-state index in [9.17, 15) is 14.4 Å². The molecule has 5 nitrogen and oxygen atoms in total. The number of imide groups is 1. The topological polar surface area (TPSA) is 66.5 Å². The lowest BCUT2D eigenvalue weighted by molar-refractivity contribution is -0.125. The standard InChI is InChI=1S/C25H31Cl3N2O3Si/c1-24(2,3)34(4,5)18-13-16-20(22(32)30(21(16)31)14-9-7-6-8-10-14)19-15(18)11-12-17(19)29-23(33)25(26,27)28/h6-10,16-17,19-20H,11-13H2,1-5H3,(H,29,33)/t16-,17?,19-,20-/m0/s1. The monoisotopic (exact) mass is 540 g/mol. The number of anilines is 1. The minimum absolute atomic E-state index is 0.0659. The third-order valence-corrected chi connectivity index (χ3v) is 14.8. The molecule has 0 radical (unpaired) electrons. The molecule has 1 aromatic rings. The first-order chi connectivity index (χ1) is 15.7. The van der Waals surface area contributed by atoms with Crippen LogP contribution in [0.25, 0.3) is 0 Å². The van der Waals surface area contributed by atoms with Crippen LogP contribution in [-0.4, -0.2) is 35.6 Å². The quantitative estimate of drug-likeness (QED) is 0.298. The van der Waals surface area contributed by atoms with Crippen molar-refractivity contribution in [2.45, 2.75) is 68.0 Å². The number of para-hydroxylation sites is 1. The molecule has 1 saturated heterocycles. The van der Waals surface area contributed by atoms with Crippen LogP contribution < -0.4 is 10.2 Å². The smallest absolute Gasteiger partial charge is 0.272 e. The minimum atomic E-state index is -2.09. The molecule has 9 heteroatoms. The van der Waals surface area contributed by atoms with E-state index in [0.717, 1.165) is 6.42 Å². The number of carbonyl (C=O) groups is 3. The van der Waals surface area contributed by atoms with Crippen molar-refractivity contribution in [1.29, 1.82) is 0 Å². The fraction of sp³-hybridized carbons (Fsp3) is 0.560. The van der Waals surface area contributed by atoms with E-state index >= 15 is 0 Å². The summed E-state index contributed by atoms with van der Waals surface area (Å²) < 4.78 is -2.09. The van der Waals surface area contributed by atoms with Crippen LogP contribution in [0.5, 0.6) is 0 Å². The summed E-state index contributed by atoms with van der Waals surface area (Å²) >= 11 is 17.5. The Bertz CT molecular complexity index is 1060. The molecular weight excluding hydrogens is 511 g/mol. The van der Waals surface area contributed by atoms with Crippen LogP contribution in [0.1, 0.15) is 40.0 Å². The second-order valence-electron chi connectivity index (χ2n) is 11.2. The Labute approximate surface area is 217 Å². The van der Waals surface area contributed by atoms with Crippen LogP contribution in [0.4, 0.5) is 5.69 Å². The average Bonchev–Trinajstić information content (AvgIpc) is 3.25. The van der Waals surface area contributed by atoms with E-state index in [1.807, 2.05) is 18.2 Å². The summed E-state index contributed by atoms with van der Waals surface area (Å²) in [6.45, 7) is 11.4. The molecule has 0 spiro atoms. The Morgan fingerprint density at radius 3 is 2.21 bits per heavy atom. The number of halogens is 3. The average molecular weight is 542 g/mol. The lowest BCUT2D eigenvalue weighted by atomic mass is 9.72. The molecule has 2 fully saturated rings. The molecule has 3 aliphatic rings. The summed E-state index contributed by atoms with van der Waals surface area (Å²) in [6.07, 6.45) is 2.03. The van der Waals surface area contributed by atoms with E-state index in [-0.39, 0.29) is 28.8 Å². The minimum Gasteiger partial charge on any atom is -0.349 e. The molecule has 34 heavy (non-hydrogen) atoms. The maximum absolute atomic E-state index is 13.8. The van der Waals surface area contributed by atoms with E-state index < -0.39 is 29.6 Å². The third-order valence-electron chi connectivity index (χ3n) is 8.45.